The fourth-order valence-corrected chi connectivity index (χ4v) is 4.00. The Bertz CT molecular complexity index is 882. The molecule has 0 aliphatic carbocycles. The van der Waals surface area contributed by atoms with E-state index >= 15 is 0 Å². The van der Waals surface area contributed by atoms with E-state index in [9.17, 15) is 18.4 Å². The van der Waals surface area contributed by atoms with Gasteiger partial charge in [-0.2, -0.15) is 0 Å². The van der Waals surface area contributed by atoms with E-state index in [0.29, 0.717) is 17.7 Å². The Hall–Kier alpha value is -2.41. The zero-order valence-corrected chi connectivity index (χ0v) is 19.3. The summed E-state index contributed by atoms with van der Waals surface area (Å²) < 4.78 is 27.1. The molecule has 1 N–H and O–H groups in total. The predicted octanol–water partition coefficient (Wildman–Crippen LogP) is 4.92. The summed E-state index contributed by atoms with van der Waals surface area (Å²) in [6.07, 6.45) is 0.437. The van der Waals surface area contributed by atoms with Crippen LogP contribution in [0.15, 0.2) is 48.5 Å². The van der Waals surface area contributed by atoms with E-state index < -0.39 is 11.6 Å². The Morgan fingerprint density at radius 3 is 2.29 bits per heavy atom. The third-order valence-electron chi connectivity index (χ3n) is 4.59. The molecule has 4 nitrogen and oxygen atoms in total. The van der Waals surface area contributed by atoms with E-state index in [1.54, 1.807) is 30.3 Å². The van der Waals surface area contributed by atoms with Crippen LogP contribution in [0.3, 0.4) is 0 Å². The number of nitrogens with one attached hydrogen (secondary N) is 1. The monoisotopic (exact) mass is 448 g/mol. The first-order valence-electron chi connectivity index (χ1n) is 10.3. The van der Waals surface area contributed by atoms with Gasteiger partial charge in [0.1, 0.15) is 17.7 Å². The van der Waals surface area contributed by atoms with Crippen LogP contribution >= 0.6 is 11.8 Å². The third kappa shape index (κ3) is 7.98. The Labute approximate surface area is 187 Å². The number of benzene rings is 2. The number of hydrogen-bond acceptors (Lipinski definition) is 3. The van der Waals surface area contributed by atoms with Gasteiger partial charge in [-0.15, -0.1) is 11.8 Å². The summed E-state index contributed by atoms with van der Waals surface area (Å²) in [5, 5.41) is 2.94. The Morgan fingerprint density at radius 1 is 1.06 bits per heavy atom. The quantitative estimate of drug-likeness (QED) is 0.592. The third-order valence-corrected chi connectivity index (χ3v) is 5.56. The molecule has 0 heterocycles. The van der Waals surface area contributed by atoms with Crippen molar-refractivity contribution in [3.63, 3.8) is 0 Å². The lowest BCUT2D eigenvalue weighted by Gasteiger charge is -2.33. The standard InChI is InChI=1S/C24H30F2N2O2S/c1-5-21(23(30)27-24(2,3)4)28(14-17-10-12-19(25)13-11-17)22(29)16-31-15-18-8-6-7-9-20(18)26/h6-13,21H,5,14-16H2,1-4H3,(H,27,30). The molecule has 0 spiro atoms. The zero-order valence-electron chi connectivity index (χ0n) is 18.5. The van der Waals surface area contributed by atoms with Gasteiger partial charge < -0.3 is 10.2 Å². The fourth-order valence-electron chi connectivity index (χ4n) is 3.11. The summed E-state index contributed by atoms with van der Waals surface area (Å²) in [6.45, 7) is 7.69. The lowest BCUT2D eigenvalue weighted by atomic mass is 10.1. The summed E-state index contributed by atoms with van der Waals surface area (Å²) in [5.74, 6) is -0.657. The van der Waals surface area contributed by atoms with Crippen molar-refractivity contribution < 1.29 is 18.4 Å². The second-order valence-corrected chi connectivity index (χ2v) is 9.38. The molecule has 0 radical (unpaired) electrons. The highest BCUT2D eigenvalue weighted by Crippen LogP contribution is 2.19. The maximum absolute atomic E-state index is 13.8. The van der Waals surface area contributed by atoms with Crippen LogP contribution in [0.2, 0.25) is 0 Å². The van der Waals surface area contributed by atoms with Crippen LogP contribution < -0.4 is 5.32 Å². The molecule has 0 aromatic heterocycles. The minimum absolute atomic E-state index is 0.106. The van der Waals surface area contributed by atoms with Gasteiger partial charge in [0.15, 0.2) is 0 Å². The van der Waals surface area contributed by atoms with Gasteiger partial charge in [0.2, 0.25) is 11.8 Å². The first kappa shape index (κ1) is 24.9. The highest BCUT2D eigenvalue weighted by molar-refractivity contribution is 7.99. The Kier molecular flexibility index (Phi) is 9.04. The molecule has 2 amide bonds. The minimum Gasteiger partial charge on any atom is -0.350 e. The maximum Gasteiger partial charge on any atom is 0.243 e. The van der Waals surface area contributed by atoms with E-state index in [4.69, 9.17) is 0 Å². The van der Waals surface area contributed by atoms with Crippen LogP contribution in [0.25, 0.3) is 0 Å². The van der Waals surface area contributed by atoms with E-state index in [2.05, 4.69) is 5.32 Å². The van der Waals surface area contributed by atoms with Gasteiger partial charge >= 0.3 is 0 Å². The smallest absolute Gasteiger partial charge is 0.243 e. The van der Waals surface area contributed by atoms with Crippen molar-refractivity contribution in [2.75, 3.05) is 5.75 Å². The number of rotatable bonds is 9. The number of hydrogen-bond donors (Lipinski definition) is 1. The number of carbonyl (C=O) groups excluding carboxylic acids is 2. The molecule has 0 bridgehead atoms. The van der Waals surface area contributed by atoms with Crippen molar-refractivity contribution in [2.45, 2.75) is 58.0 Å². The lowest BCUT2D eigenvalue weighted by Crippen LogP contribution is -2.53. The van der Waals surface area contributed by atoms with Crippen LogP contribution in [0, 0.1) is 11.6 Å². The van der Waals surface area contributed by atoms with Gasteiger partial charge in [0.05, 0.1) is 5.75 Å². The van der Waals surface area contributed by atoms with Crippen molar-refractivity contribution in [2.24, 2.45) is 0 Å². The lowest BCUT2D eigenvalue weighted by molar-refractivity contribution is -0.140. The molecular weight excluding hydrogens is 418 g/mol. The van der Waals surface area contributed by atoms with Gasteiger partial charge in [-0.05, 0) is 56.5 Å². The Balaban J connectivity index is 2.16. The van der Waals surface area contributed by atoms with Gasteiger partial charge in [0.25, 0.3) is 0 Å². The molecule has 7 heteroatoms. The summed E-state index contributed by atoms with van der Waals surface area (Å²) in [5.41, 5.74) is 0.827. The van der Waals surface area contributed by atoms with Crippen molar-refractivity contribution in [1.82, 2.24) is 10.2 Å². The molecule has 168 valence electrons. The molecule has 0 saturated heterocycles. The molecule has 0 saturated carbocycles. The number of thioether (sulfide) groups is 1. The predicted molar refractivity (Wildman–Crippen MR) is 121 cm³/mol. The van der Waals surface area contributed by atoms with E-state index in [1.807, 2.05) is 27.7 Å². The van der Waals surface area contributed by atoms with Crippen LogP contribution in [0.4, 0.5) is 8.78 Å². The summed E-state index contributed by atoms with van der Waals surface area (Å²) >= 11 is 1.30. The topological polar surface area (TPSA) is 49.4 Å². The van der Waals surface area contributed by atoms with Crippen LogP contribution in [0.1, 0.15) is 45.2 Å². The number of halogens is 2. The van der Waals surface area contributed by atoms with Crippen molar-refractivity contribution in [3.8, 4) is 0 Å². The van der Waals surface area contributed by atoms with Crippen molar-refractivity contribution in [3.05, 3.63) is 71.3 Å². The minimum atomic E-state index is -0.661. The highest BCUT2D eigenvalue weighted by atomic mass is 32.2. The molecule has 2 aromatic rings. The Morgan fingerprint density at radius 2 is 1.71 bits per heavy atom. The van der Waals surface area contributed by atoms with Crippen molar-refractivity contribution >= 4 is 23.6 Å². The van der Waals surface area contributed by atoms with Crippen LogP contribution in [0.5, 0.6) is 0 Å². The second-order valence-electron chi connectivity index (χ2n) is 8.40. The summed E-state index contributed by atoms with van der Waals surface area (Å²) in [4.78, 5) is 27.5. The number of carbonyl (C=O) groups is 2. The van der Waals surface area contributed by atoms with Gasteiger partial charge in [-0.3, -0.25) is 9.59 Å². The molecule has 1 unspecified atom stereocenters. The van der Waals surface area contributed by atoms with Gasteiger partial charge in [-0.1, -0.05) is 37.3 Å². The van der Waals surface area contributed by atoms with Crippen LogP contribution in [-0.2, 0) is 21.9 Å². The number of amides is 2. The SMILES string of the molecule is CCC(C(=O)NC(C)(C)C)N(Cc1ccc(F)cc1)C(=O)CSCc1ccccc1F. The normalized spacial score (nSPS) is 12.3. The van der Waals surface area contributed by atoms with Crippen LogP contribution in [-0.4, -0.2) is 34.0 Å². The molecule has 31 heavy (non-hydrogen) atoms. The molecule has 2 rings (SSSR count). The summed E-state index contributed by atoms with van der Waals surface area (Å²) in [7, 11) is 0. The molecular formula is C24H30F2N2O2S. The second kappa shape index (κ2) is 11.3. The van der Waals surface area contributed by atoms with E-state index in [-0.39, 0.29) is 35.7 Å². The average molecular weight is 449 g/mol. The first-order valence-corrected chi connectivity index (χ1v) is 11.4. The molecule has 0 aliphatic rings. The highest BCUT2D eigenvalue weighted by Gasteiger charge is 2.30. The maximum atomic E-state index is 13.8. The largest absolute Gasteiger partial charge is 0.350 e. The zero-order chi connectivity index (χ0) is 23.0. The molecule has 1 atom stereocenters. The molecule has 0 fully saturated rings. The van der Waals surface area contributed by atoms with Crippen molar-refractivity contribution in [1.29, 1.82) is 0 Å². The summed E-state index contributed by atoms with van der Waals surface area (Å²) in [6, 6.07) is 11.7. The average Bonchev–Trinajstić information content (AvgIpc) is 2.69. The van der Waals surface area contributed by atoms with E-state index in [0.717, 1.165) is 5.56 Å². The van der Waals surface area contributed by atoms with E-state index in [1.165, 1.54) is 34.9 Å². The van der Waals surface area contributed by atoms with Gasteiger partial charge in [-0.25, -0.2) is 8.78 Å². The first-order chi connectivity index (χ1) is 14.6. The van der Waals surface area contributed by atoms with Gasteiger partial charge in [0, 0.05) is 17.8 Å². The fraction of sp³-hybridized carbons (Fsp3) is 0.417. The molecule has 2 aromatic carbocycles. The number of nitrogens with zero attached hydrogens (tertiary/aromatic N) is 1. The molecule has 0 aliphatic heterocycles.